The molecule has 0 spiro atoms. The third kappa shape index (κ3) is 2.95. The Hall–Kier alpha value is -2.99. The van der Waals surface area contributed by atoms with Gasteiger partial charge in [-0.25, -0.2) is 9.79 Å². The number of hydrogen-bond acceptors (Lipinski definition) is 5. The third-order valence-corrected chi connectivity index (χ3v) is 5.95. The summed E-state index contributed by atoms with van der Waals surface area (Å²) in [6.07, 6.45) is 0.864. The second-order valence-electron chi connectivity index (χ2n) is 7.54. The van der Waals surface area contributed by atoms with Crippen LogP contribution in [0, 0.1) is 0 Å². The van der Waals surface area contributed by atoms with Crippen LogP contribution in [0.4, 0.5) is 5.69 Å². The summed E-state index contributed by atoms with van der Waals surface area (Å²) in [5.74, 6) is -0.489. The summed E-state index contributed by atoms with van der Waals surface area (Å²) >= 11 is 0. The van der Waals surface area contributed by atoms with Gasteiger partial charge in [0.15, 0.2) is 5.60 Å². The fraction of sp³-hybridized carbons (Fsp3) is 0.348. The number of fused-ring (bicyclic) bond motifs is 2. The van der Waals surface area contributed by atoms with Crippen molar-refractivity contribution in [2.75, 3.05) is 7.11 Å². The minimum absolute atomic E-state index is 0.0385. The maximum absolute atomic E-state index is 13.3. The standard InChI is InChI=1S/C23H24N2O4/c1-5-14(2)16-12-25-19(20(16)24-15-9-7-6-8-10-15)11-18-17(21(25)26)13-29-22(27)23(18,3)28-4/h6-11H,5,12-13H2,1-4H3/b16-14+,24-20?. The maximum Gasteiger partial charge on any atom is 0.343 e. The van der Waals surface area contributed by atoms with Crippen LogP contribution < -0.4 is 5.56 Å². The second-order valence-corrected chi connectivity index (χ2v) is 7.54. The fourth-order valence-electron chi connectivity index (χ4n) is 3.88. The molecular formula is C23H24N2O4. The van der Waals surface area contributed by atoms with Gasteiger partial charge in [0.2, 0.25) is 0 Å². The van der Waals surface area contributed by atoms with Crippen molar-refractivity contribution in [3.8, 4) is 0 Å². The van der Waals surface area contributed by atoms with Gasteiger partial charge in [0.1, 0.15) is 6.61 Å². The molecule has 1 unspecified atom stereocenters. The molecular weight excluding hydrogens is 368 g/mol. The zero-order valence-corrected chi connectivity index (χ0v) is 17.1. The first kappa shape index (κ1) is 19.3. The molecule has 0 N–H and O–H groups in total. The summed E-state index contributed by atoms with van der Waals surface area (Å²) in [7, 11) is 1.45. The van der Waals surface area contributed by atoms with E-state index in [4.69, 9.17) is 14.5 Å². The van der Waals surface area contributed by atoms with Crippen LogP contribution in [0.5, 0.6) is 0 Å². The van der Waals surface area contributed by atoms with E-state index in [1.807, 2.05) is 36.4 Å². The summed E-state index contributed by atoms with van der Waals surface area (Å²) in [5.41, 5.74) is 4.07. The lowest BCUT2D eigenvalue weighted by Gasteiger charge is -2.32. The molecule has 150 valence electrons. The highest BCUT2D eigenvalue weighted by atomic mass is 16.6. The van der Waals surface area contributed by atoms with E-state index < -0.39 is 11.6 Å². The second kappa shape index (κ2) is 7.12. The molecule has 29 heavy (non-hydrogen) atoms. The highest BCUT2D eigenvalue weighted by molar-refractivity contribution is 6.15. The number of aliphatic imine (C=N–C) groups is 1. The number of cyclic esters (lactones) is 1. The minimum atomic E-state index is -1.31. The van der Waals surface area contributed by atoms with Gasteiger partial charge in [0, 0.05) is 12.7 Å². The Labute approximate surface area is 169 Å². The van der Waals surface area contributed by atoms with E-state index in [9.17, 15) is 9.59 Å². The molecule has 2 aliphatic heterocycles. The summed E-state index contributed by atoms with van der Waals surface area (Å²) in [6, 6.07) is 11.5. The van der Waals surface area contributed by atoms with Crippen LogP contribution in [0.3, 0.4) is 0 Å². The molecule has 0 bridgehead atoms. The number of methoxy groups -OCH3 is 1. The van der Waals surface area contributed by atoms with Crippen molar-refractivity contribution in [1.82, 2.24) is 4.57 Å². The zero-order chi connectivity index (χ0) is 20.8. The average Bonchev–Trinajstić information content (AvgIpc) is 3.10. The minimum Gasteiger partial charge on any atom is -0.458 e. The lowest BCUT2D eigenvalue weighted by Crippen LogP contribution is -2.44. The molecule has 0 saturated carbocycles. The number of carbonyl (C=O) groups excluding carboxylic acids is 1. The SMILES string of the molecule is CC/C(C)=C1\Cn2c(cc3c(c2=O)COC(=O)C3(C)OC)C1=Nc1ccccc1. The maximum atomic E-state index is 13.3. The molecule has 0 saturated heterocycles. The van der Waals surface area contributed by atoms with Crippen molar-refractivity contribution in [2.45, 2.75) is 45.9 Å². The predicted octanol–water partition coefficient (Wildman–Crippen LogP) is 3.63. The largest absolute Gasteiger partial charge is 0.458 e. The van der Waals surface area contributed by atoms with E-state index in [1.54, 1.807) is 11.5 Å². The number of benzene rings is 1. The molecule has 4 rings (SSSR count). The van der Waals surface area contributed by atoms with Crippen LogP contribution in [-0.2, 0) is 33.0 Å². The van der Waals surface area contributed by atoms with Gasteiger partial charge >= 0.3 is 5.97 Å². The number of carbonyl (C=O) groups is 1. The Morgan fingerprint density at radius 3 is 2.66 bits per heavy atom. The molecule has 0 amide bonds. The van der Waals surface area contributed by atoms with Gasteiger partial charge in [-0.15, -0.1) is 0 Å². The number of hydrogen-bond donors (Lipinski definition) is 0. The van der Waals surface area contributed by atoms with Crippen molar-refractivity contribution in [1.29, 1.82) is 0 Å². The van der Waals surface area contributed by atoms with Crippen molar-refractivity contribution in [3.05, 3.63) is 74.7 Å². The van der Waals surface area contributed by atoms with Crippen molar-refractivity contribution in [3.63, 3.8) is 0 Å². The topological polar surface area (TPSA) is 69.9 Å². The third-order valence-electron chi connectivity index (χ3n) is 5.95. The molecule has 2 aromatic rings. The Morgan fingerprint density at radius 1 is 1.28 bits per heavy atom. The van der Waals surface area contributed by atoms with Gasteiger partial charge in [-0.05, 0) is 44.0 Å². The highest BCUT2D eigenvalue weighted by Gasteiger charge is 2.45. The molecule has 0 radical (unpaired) electrons. The van der Waals surface area contributed by atoms with Crippen LogP contribution >= 0.6 is 0 Å². The number of para-hydroxylation sites is 1. The van der Waals surface area contributed by atoms with Crippen LogP contribution in [0.1, 0.15) is 44.0 Å². The first-order valence-corrected chi connectivity index (χ1v) is 9.73. The molecule has 0 aliphatic carbocycles. The monoisotopic (exact) mass is 392 g/mol. The van der Waals surface area contributed by atoms with E-state index in [-0.39, 0.29) is 12.2 Å². The average molecular weight is 392 g/mol. The smallest absolute Gasteiger partial charge is 0.343 e. The number of aromatic nitrogens is 1. The van der Waals surface area contributed by atoms with Gasteiger partial charge in [-0.3, -0.25) is 4.79 Å². The van der Waals surface area contributed by atoms with Crippen molar-refractivity contribution in [2.24, 2.45) is 4.99 Å². The number of nitrogens with zero attached hydrogens (tertiary/aromatic N) is 2. The Morgan fingerprint density at radius 2 is 2.00 bits per heavy atom. The Balaban J connectivity index is 2.01. The predicted molar refractivity (Wildman–Crippen MR) is 110 cm³/mol. The normalized spacial score (nSPS) is 23.6. The van der Waals surface area contributed by atoms with Gasteiger partial charge in [-0.2, -0.15) is 0 Å². The molecule has 3 heterocycles. The van der Waals surface area contributed by atoms with E-state index in [0.717, 1.165) is 23.4 Å². The van der Waals surface area contributed by atoms with Crippen LogP contribution in [0.15, 0.2) is 57.3 Å². The van der Waals surface area contributed by atoms with Gasteiger partial charge in [-0.1, -0.05) is 30.7 Å². The summed E-state index contributed by atoms with van der Waals surface area (Å²) in [4.78, 5) is 30.6. The number of ether oxygens (including phenoxy) is 2. The zero-order valence-electron chi connectivity index (χ0n) is 17.1. The summed E-state index contributed by atoms with van der Waals surface area (Å²) in [5, 5.41) is 0. The first-order chi connectivity index (χ1) is 13.9. The fourth-order valence-corrected chi connectivity index (χ4v) is 3.88. The van der Waals surface area contributed by atoms with Crippen LogP contribution in [0.2, 0.25) is 0 Å². The number of allylic oxidation sites excluding steroid dienone is 2. The van der Waals surface area contributed by atoms with Gasteiger partial charge in [0.25, 0.3) is 5.56 Å². The van der Waals surface area contributed by atoms with E-state index in [2.05, 4.69) is 13.8 Å². The van der Waals surface area contributed by atoms with Crippen molar-refractivity contribution >= 4 is 17.4 Å². The molecule has 6 nitrogen and oxygen atoms in total. The van der Waals surface area contributed by atoms with Gasteiger partial charge < -0.3 is 14.0 Å². The first-order valence-electron chi connectivity index (χ1n) is 9.73. The molecule has 1 aromatic heterocycles. The highest BCUT2D eigenvalue weighted by Crippen LogP contribution is 2.36. The Bertz CT molecular complexity index is 1110. The number of pyridine rings is 1. The lowest BCUT2D eigenvalue weighted by molar-refractivity contribution is -0.173. The van der Waals surface area contributed by atoms with Crippen LogP contribution in [0.25, 0.3) is 0 Å². The molecule has 1 aromatic carbocycles. The van der Waals surface area contributed by atoms with E-state index >= 15 is 0 Å². The quantitative estimate of drug-likeness (QED) is 0.748. The number of rotatable bonds is 3. The van der Waals surface area contributed by atoms with Gasteiger partial charge in [0.05, 0.1) is 29.2 Å². The molecule has 1 atom stereocenters. The lowest BCUT2D eigenvalue weighted by atomic mass is 9.89. The molecule has 6 heteroatoms. The molecule has 2 aliphatic rings. The van der Waals surface area contributed by atoms with E-state index in [0.29, 0.717) is 23.4 Å². The van der Waals surface area contributed by atoms with Crippen LogP contribution in [-0.4, -0.2) is 23.4 Å². The molecule has 0 fully saturated rings. The van der Waals surface area contributed by atoms with E-state index in [1.165, 1.54) is 12.7 Å². The summed E-state index contributed by atoms with van der Waals surface area (Å²) < 4.78 is 12.5. The summed E-state index contributed by atoms with van der Waals surface area (Å²) in [6.45, 7) is 6.22. The van der Waals surface area contributed by atoms with Crippen molar-refractivity contribution < 1.29 is 14.3 Å². The number of esters is 1. The Kier molecular flexibility index (Phi) is 4.74.